The van der Waals surface area contributed by atoms with Gasteiger partial charge in [-0.3, -0.25) is 4.79 Å². The maximum atomic E-state index is 13.3. The highest BCUT2D eigenvalue weighted by molar-refractivity contribution is 7.89. The van der Waals surface area contributed by atoms with E-state index >= 15 is 0 Å². The summed E-state index contributed by atoms with van der Waals surface area (Å²) in [5, 5.41) is 8.95. The number of nitrogens with one attached hydrogen (secondary N) is 1. The molecule has 2 atom stereocenters. The number of aryl methyl sites for hydroxylation is 2. The molecule has 0 spiro atoms. The molecule has 0 radical (unpaired) electrons. The number of hydrogen-bond donors (Lipinski definition) is 2. The first-order valence-corrected chi connectivity index (χ1v) is 8.21. The summed E-state index contributed by atoms with van der Waals surface area (Å²) >= 11 is 0. The molecule has 7 heteroatoms. The SMILES string of the molecule is Cc1cc(F)cc(C)c1S(=O)(=O)NC1CCC(C(=O)O)C1. The van der Waals surface area contributed by atoms with Crippen LogP contribution in [0.3, 0.4) is 0 Å². The van der Waals surface area contributed by atoms with Crippen molar-refractivity contribution >= 4 is 16.0 Å². The molecule has 1 saturated carbocycles. The van der Waals surface area contributed by atoms with Crippen LogP contribution in [0.1, 0.15) is 30.4 Å². The molecule has 0 aliphatic heterocycles. The minimum Gasteiger partial charge on any atom is -0.481 e. The van der Waals surface area contributed by atoms with Crippen molar-refractivity contribution in [1.82, 2.24) is 4.72 Å². The van der Waals surface area contributed by atoms with Gasteiger partial charge in [-0.1, -0.05) is 0 Å². The average molecular weight is 315 g/mol. The Morgan fingerprint density at radius 2 is 1.86 bits per heavy atom. The van der Waals surface area contributed by atoms with E-state index in [1.807, 2.05) is 0 Å². The zero-order valence-corrected chi connectivity index (χ0v) is 12.7. The third-order valence-electron chi connectivity index (χ3n) is 3.80. The van der Waals surface area contributed by atoms with Crippen LogP contribution >= 0.6 is 0 Å². The second-order valence-electron chi connectivity index (χ2n) is 5.54. The van der Waals surface area contributed by atoms with Crippen LogP contribution in [0.2, 0.25) is 0 Å². The summed E-state index contributed by atoms with van der Waals surface area (Å²) in [6, 6.07) is 1.96. The minimum atomic E-state index is -3.78. The van der Waals surface area contributed by atoms with E-state index < -0.39 is 27.7 Å². The Bertz CT molecular complexity index is 649. The molecule has 21 heavy (non-hydrogen) atoms. The molecule has 2 rings (SSSR count). The summed E-state index contributed by atoms with van der Waals surface area (Å²) in [5.41, 5.74) is 0.681. The fourth-order valence-corrected chi connectivity index (χ4v) is 4.65. The molecule has 0 amide bonds. The summed E-state index contributed by atoms with van der Waals surface area (Å²) < 4.78 is 40.7. The molecule has 1 aromatic carbocycles. The van der Waals surface area contributed by atoms with Crippen LogP contribution in [0.15, 0.2) is 17.0 Å². The third-order valence-corrected chi connectivity index (χ3v) is 5.62. The lowest BCUT2D eigenvalue weighted by molar-refractivity contribution is -0.141. The van der Waals surface area contributed by atoms with Gasteiger partial charge in [-0.05, 0) is 56.4 Å². The molecule has 5 nitrogen and oxygen atoms in total. The molecule has 0 heterocycles. The zero-order valence-electron chi connectivity index (χ0n) is 11.9. The van der Waals surface area contributed by atoms with Gasteiger partial charge in [0.05, 0.1) is 10.8 Å². The second kappa shape index (κ2) is 5.73. The fraction of sp³-hybridized carbons (Fsp3) is 0.500. The minimum absolute atomic E-state index is 0.0719. The van der Waals surface area contributed by atoms with Crippen molar-refractivity contribution in [3.8, 4) is 0 Å². The van der Waals surface area contributed by atoms with Crippen LogP contribution in [-0.2, 0) is 14.8 Å². The lowest BCUT2D eigenvalue weighted by atomic mass is 10.1. The highest BCUT2D eigenvalue weighted by Gasteiger charge is 2.33. The average Bonchev–Trinajstić information content (AvgIpc) is 2.74. The number of carboxylic acid groups (broad SMARTS) is 1. The Labute approximate surface area is 123 Å². The number of halogens is 1. The van der Waals surface area contributed by atoms with E-state index in [1.165, 1.54) is 12.1 Å². The van der Waals surface area contributed by atoms with E-state index in [1.54, 1.807) is 13.8 Å². The predicted octanol–water partition coefficient (Wildman–Crippen LogP) is 1.97. The second-order valence-corrected chi connectivity index (χ2v) is 7.19. The molecular weight excluding hydrogens is 297 g/mol. The molecular formula is C14H18FNO4S. The molecule has 0 aromatic heterocycles. The van der Waals surface area contributed by atoms with Gasteiger partial charge in [0.2, 0.25) is 10.0 Å². The number of benzene rings is 1. The number of carboxylic acids is 1. The van der Waals surface area contributed by atoms with Crippen molar-refractivity contribution in [2.75, 3.05) is 0 Å². The molecule has 1 aliphatic carbocycles. The van der Waals surface area contributed by atoms with Crippen molar-refractivity contribution in [2.45, 2.75) is 44.0 Å². The lowest BCUT2D eigenvalue weighted by Crippen LogP contribution is -2.34. The van der Waals surface area contributed by atoms with E-state index in [9.17, 15) is 17.6 Å². The van der Waals surface area contributed by atoms with Gasteiger partial charge in [0, 0.05) is 6.04 Å². The Kier molecular flexibility index (Phi) is 4.34. The lowest BCUT2D eigenvalue weighted by Gasteiger charge is -2.16. The van der Waals surface area contributed by atoms with Gasteiger partial charge in [-0.15, -0.1) is 0 Å². The maximum Gasteiger partial charge on any atom is 0.306 e. The van der Waals surface area contributed by atoms with Crippen molar-refractivity contribution in [3.05, 3.63) is 29.1 Å². The highest BCUT2D eigenvalue weighted by Crippen LogP contribution is 2.28. The summed E-state index contributed by atoms with van der Waals surface area (Å²) in [4.78, 5) is 11.0. The Hall–Kier alpha value is -1.47. The maximum absolute atomic E-state index is 13.3. The monoisotopic (exact) mass is 315 g/mol. The summed E-state index contributed by atoms with van der Waals surface area (Å²) in [6.07, 6.45) is 1.24. The van der Waals surface area contributed by atoms with E-state index in [-0.39, 0.29) is 17.4 Å². The highest BCUT2D eigenvalue weighted by atomic mass is 32.2. The number of hydrogen-bond acceptors (Lipinski definition) is 3. The summed E-state index contributed by atoms with van der Waals surface area (Å²) in [7, 11) is -3.78. The molecule has 0 bridgehead atoms. The number of aliphatic carboxylic acids is 1. The van der Waals surface area contributed by atoms with Crippen molar-refractivity contribution in [3.63, 3.8) is 0 Å². The quantitative estimate of drug-likeness (QED) is 0.890. The molecule has 1 aliphatic rings. The zero-order chi connectivity index (χ0) is 15.8. The van der Waals surface area contributed by atoms with Gasteiger partial charge in [0.25, 0.3) is 0 Å². The van der Waals surface area contributed by atoms with Crippen LogP contribution in [0.4, 0.5) is 4.39 Å². The van der Waals surface area contributed by atoms with Crippen LogP contribution in [0.25, 0.3) is 0 Å². The number of carbonyl (C=O) groups is 1. The van der Waals surface area contributed by atoms with Crippen LogP contribution in [0.5, 0.6) is 0 Å². The van der Waals surface area contributed by atoms with E-state index in [2.05, 4.69) is 4.72 Å². The summed E-state index contributed by atoms with van der Waals surface area (Å²) in [6.45, 7) is 3.08. The van der Waals surface area contributed by atoms with Crippen molar-refractivity contribution in [1.29, 1.82) is 0 Å². The van der Waals surface area contributed by atoms with E-state index in [4.69, 9.17) is 5.11 Å². The normalized spacial score (nSPS) is 22.4. The van der Waals surface area contributed by atoms with Crippen LogP contribution < -0.4 is 4.72 Å². The number of rotatable bonds is 4. The van der Waals surface area contributed by atoms with Crippen molar-refractivity contribution < 1.29 is 22.7 Å². The largest absolute Gasteiger partial charge is 0.481 e. The molecule has 1 fully saturated rings. The van der Waals surface area contributed by atoms with Crippen LogP contribution in [0, 0.1) is 25.6 Å². The molecule has 2 unspecified atom stereocenters. The summed E-state index contributed by atoms with van der Waals surface area (Å²) in [5.74, 6) is -1.88. The first kappa shape index (κ1) is 15.9. The van der Waals surface area contributed by atoms with Gasteiger partial charge >= 0.3 is 5.97 Å². The van der Waals surface area contributed by atoms with Gasteiger partial charge in [-0.2, -0.15) is 0 Å². The van der Waals surface area contributed by atoms with Gasteiger partial charge in [0.1, 0.15) is 5.82 Å². The molecule has 116 valence electrons. The first-order valence-electron chi connectivity index (χ1n) is 6.72. The number of sulfonamides is 1. The van der Waals surface area contributed by atoms with Gasteiger partial charge in [-0.25, -0.2) is 17.5 Å². The third kappa shape index (κ3) is 3.41. The van der Waals surface area contributed by atoms with E-state index in [0.717, 1.165) is 0 Å². The van der Waals surface area contributed by atoms with Crippen LogP contribution in [-0.4, -0.2) is 25.5 Å². The topological polar surface area (TPSA) is 83.5 Å². The van der Waals surface area contributed by atoms with Gasteiger partial charge < -0.3 is 5.11 Å². The molecule has 0 saturated heterocycles. The molecule has 2 N–H and O–H groups in total. The Morgan fingerprint density at radius 1 is 1.29 bits per heavy atom. The Morgan fingerprint density at radius 3 is 2.33 bits per heavy atom. The molecule has 1 aromatic rings. The van der Waals surface area contributed by atoms with Crippen molar-refractivity contribution in [2.24, 2.45) is 5.92 Å². The fourth-order valence-electron chi connectivity index (χ4n) is 2.91. The van der Waals surface area contributed by atoms with Gasteiger partial charge in [0.15, 0.2) is 0 Å². The first-order chi connectivity index (χ1) is 9.70. The standard InChI is InChI=1S/C14H18FNO4S/c1-8-5-11(15)6-9(2)13(8)21(19,20)16-12-4-3-10(7-12)14(17)18/h5-6,10,12,16H,3-4,7H2,1-2H3,(H,17,18). The van der Waals surface area contributed by atoms with E-state index in [0.29, 0.717) is 24.0 Å². The smallest absolute Gasteiger partial charge is 0.306 e. The predicted molar refractivity (Wildman–Crippen MR) is 75.0 cm³/mol. The Balaban J connectivity index is 2.22.